The standard InChI is InChI=1S/C40H28N4O2/c1-25-8-5-13-33-34-14-6-9-26(2)39(34)43(38(25)33)28-18-19-41-37(23-28)44-35-15-4-3-12-31(35)32-17-16-30(24-36(32)44)46-29-11-7-10-27(22-29)40-42-20-21-45-40/h3-24H,1-2H3. The van der Waals surface area contributed by atoms with Gasteiger partial charge in [-0.05, 0) is 67.4 Å². The van der Waals surface area contributed by atoms with Crippen molar-refractivity contribution in [1.82, 2.24) is 19.1 Å². The molecule has 0 spiro atoms. The minimum absolute atomic E-state index is 0.556. The Bertz CT molecular complexity index is 2530. The van der Waals surface area contributed by atoms with Gasteiger partial charge in [-0.2, -0.15) is 0 Å². The van der Waals surface area contributed by atoms with Crippen LogP contribution in [0.25, 0.3) is 66.6 Å². The molecule has 0 bridgehead atoms. The summed E-state index contributed by atoms with van der Waals surface area (Å²) >= 11 is 0. The van der Waals surface area contributed by atoms with E-state index in [0.717, 1.165) is 44.6 Å². The van der Waals surface area contributed by atoms with Crippen molar-refractivity contribution in [1.29, 1.82) is 0 Å². The number of aromatic nitrogens is 4. The Morgan fingerprint density at radius 2 is 1.28 bits per heavy atom. The summed E-state index contributed by atoms with van der Waals surface area (Å²) in [6.07, 6.45) is 5.12. The highest BCUT2D eigenvalue weighted by Crippen LogP contribution is 2.38. The van der Waals surface area contributed by atoms with Crippen molar-refractivity contribution in [3.05, 3.63) is 145 Å². The van der Waals surface area contributed by atoms with Crippen LogP contribution in [-0.2, 0) is 0 Å². The van der Waals surface area contributed by atoms with Crippen molar-refractivity contribution in [2.75, 3.05) is 0 Å². The third-order valence-electron chi connectivity index (χ3n) is 8.82. The molecule has 0 unspecified atom stereocenters. The molecule has 0 atom stereocenters. The third-order valence-corrected chi connectivity index (χ3v) is 8.82. The number of hydrogen-bond acceptors (Lipinski definition) is 4. The first-order chi connectivity index (χ1) is 22.6. The van der Waals surface area contributed by atoms with Crippen LogP contribution in [-0.4, -0.2) is 19.1 Å². The minimum Gasteiger partial charge on any atom is -0.457 e. The lowest BCUT2D eigenvalue weighted by molar-refractivity contribution is 0.483. The van der Waals surface area contributed by atoms with E-state index in [1.54, 1.807) is 12.5 Å². The second-order valence-corrected chi connectivity index (χ2v) is 11.6. The average Bonchev–Trinajstić information content (AvgIpc) is 3.82. The van der Waals surface area contributed by atoms with Gasteiger partial charge in [0.05, 0.1) is 34.0 Å². The Kier molecular flexibility index (Phi) is 5.83. The van der Waals surface area contributed by atoms with Crippen LogP contribution in [0.5, 0.6) is 11.5 Å². The average molecular weight is 597 g/mol. The summed E-state index contributed by atoms with van der Waals surface area (Å²) in [5, 5.41) is 4.79. The number of benzene rings is 5. The smallest absolute Gasteiger partial charge is 0.225 e. The molecule has 0 N–H and O–H groups in total. The maximum Gasteiger partial charge on any atom is 0.225 e. The zero-order chi connectivity index (χ0) is 30.8. The van der Waals surface area contributed by atoms with Gasteiger partial charge < -0.3 is 13.7 Å². The lowest BCUT2D eigenvalue weighted by Crippen LogP contribution is -2.02. The number of ether oxygens (including phenoxy) is 1. The largest absolute Gasteiger partial charge is 0.457 e. The molecule has 0 radical (unpaired) electrons. The molecule has 9 rings (SSSR count). The third kappa shape index (κ3) is 4.04. The zero-order valence-electron chi connectivity index (χ0n) is 25.3. The van der Waals surface area contributed by atoms with Crippen molar-refractivity contribution in [2.45, 2.75) is 13.8 Å². The number of pyridine rings is 1. The fraction of sp³-hybridized carbons (Fsp3) is 0.0500. The zero-order valence-corrected chi connectivity index (χ0v) is 25.3. The van der Waals surface area contributed by atoms with Crippen LogP contribution < -0.4 is 4.74 Å². The highest BCUT2D eigenvalue weighted by Gasteiger charge is 2.18. The number of para-hydroxylation sites is 3. The van der Waals surface area contributed by atoms with E-state index in [1.807, 2.05) is 36.5 Å². The van der Waals surface area contributed by atoms with Gasteiger partial charge >= 0.3 is 0 Å². The van der Waals surface area contributed by atoms with E-state index >= 15 is 0 Å². The van der Waals surface area contributed by atoms with Gasteiger partial charge in [-0.1, -0.05) is 60.7 Å². The Morgan fingerprint density at radius 1 is 0.565 bits per heavy atom. The lowest BCUT2D eigenvalue weighted by atomic mass is 10.1. The van der Waals surface area contributed by atoms with Crippen molar-refractivity contribution >= 4 is 43.6 Å². The van der Waals surface area contributed by atoms with Crippen molar-refractivity contribution in [2.24, 2.45) is 0 Å². The molecule has 0 saturated carbocycles. The Morgan fingerprint density at radius 3 is 2.07 bits per heavy atom. The van der Waals surface area contributed by atoms with Crippen molar-refractivity contribution in [3.8, 4) is 34.5 Å². The van der Waals surface area contributed by atoms with E-state index in [9.17, 15) is 0 Å². The predicted molar refractivity (Wildman–Crippen MR) is 184 cm³/mol. The number of hydrogen-bond donors (Lipinski definition) is 0. The second kappa shape index (κ2) is 10.2. The molecule has 5 aromatic carbocycles. The van der Waals surface area contributed by atoms with Crippen LogP contribution in [0.15, 0.2) is 138 Å². The second-order valence-electron chi connectivity index (χ2n) is 11.6. The van der Waals surface area contributed by atoms with Gasteiger partial charge in [-0.15, -0.1) is 0 Å². The van der Waals surface area contributed by atoms with E-state index in [-0.39, 0.29) is 0 Å². The Balaban J connectivity index is 1.23. The summed E-state index contributed by atoms with van der Waals surface area (Å²) < 4.78 is 16.5. The molecule has 220 valence electrons. The van der Waals surface area contributed by atoms with Gasteiger partial charge in [0.25, 0.3) is 0 Å². The highest BCUT2D eigenvalue weighted by molar-refractivity contribution is 6.12. The van der Waals surface area contributed by atoms with Crippen LogP contribution in [0.1, 0.15) is 11.1 Å². The summed E-state index contributed by atoms with van der Waals surface area (Å²) in [5.41, 5.74) is 8.92. The van der Waals surface area contributed by atoms with Gasteiger partial charge in [-0.3, -0.25) is 4.57 Å². The molecular weight excluding hydrogens is 568 g/mol. The first kappa shape index (κ1) is 26.3. The quantitative estimate of drug-likeness (QED) is 0.198. The normalized spacial score (nSPS) is 11.7. The van der Waals surface area contributed by atoms with E-state index in [1.165, 1.54) is 32.9 Å². The minimum atomic E-state index is 0.556. The monoisotopic (exact) mass is 596 g/mol. The predicted octanol–water partition coefficient (Wildman–Crippen LogP) is 10.3. The van der Waals surface area contributed by atoms with Gasteiger partial charge in [0, 0.05) is 45.4 Å². The summed E-state index contributed by atoms with van der Waals surface area (Å²) in [7, 11) is 0. The molecule has 9 aromatic rings. The van der Waals surface area contributed by atoms with Crippen LogP contribution in [0.4, 0.5) is 0 Å². The fourth-order valence-electron chi connectivity index (χ4n) is 6.84. The van der Waals surface area contributed by atoms with Crippen molar-refractivity contribution in [3.63, 3.8) is 0 Å². The number of rotatable bonds is 5. The molecule has 0 aliphatic rings. The topological polar surface area (TPSA) is 58.0 Å². The van der Waals surface area contributed by atoms with E-state index in [0.29, 0.717) is 11.6 Å². The molecule has 0 aliphatic carbocycles. The molecule has 6 heteroatoms. The first-order valence-corrected chi connectivity index (χ1v) is 15.3. The molecule has 4 heterocycles. The van der Waals surface area contributed by atoms with E-state index < -0.39 is 0 Å². The van der Waals surface area contributed by atoms with Crippen molar-refractivity contribution < 1.29 is 9.15 Å². The van der Waals surface area contributed by atoms with Crippen LogP contribution in [0.3, 0.4) is 0 Å². The summed E-state index contributed by atoms with van der Waals surface area (Å²) in [5.74, 6) is 2.82. The number of aryl methyl sites for hydroxylation is 2. The summed E-state index contributed by atoms with van der Waals surface area (Å²) in [6.45, 7) is 4.37. The SMILES string of the molecule is Cc1cccc2c3cccc(C)c3n(-c3ccnc(-n4c5ccccc5c5ccc(Oc6cccc(-c7ncco7)c6)cc54)c3)c12. The van der Waals surface area contributed by atoms with E-state index in [4.69, 9.17) is 14.1 Å². The molecule has 0 aliphatic heterocycles. The molecular formula is C40H28N4O2. The highest BCUT2D eigenvalue weighted by atomic mass is 16.5. The van der Waals surface area contributed by atoms with Gasteiger partial charge in [0.2, 0.25) is 5.89 Å². The van der Waals surface area contributed by atoms with Crippen LogP contribution in [0, 0.1) is 13.8 Å². The van der Waals surface area contributed by atoms with Crippen LogP contribution in [0.2, 0.25) is 0 Å². The lowest BCUT2D eigenvalue weighted by Gasteiger charge is -2.14. The molecule has 0 saturated heterocycles. The van der Waals surface area contributed by atoms with Gasteiger partial charge in [-0.25, -0.2) is 9.97 Å². The first-order valence-electron chi connectivity index (χ1n) is 15.3. The fourth-order valence-corrected chi connectivity index (χ4v) is 6.84. The number of nitrogens with zero attached hydrogens (tertiary/aromatic N) is 4. The maximum atomic E-state index is 6.41. The molecule has 6 nitrogen and oxygen atoms in total. The summed E-state index contributed by atoms with van der Waals surface area (Å²) in [4.78, 5) is 9.22. The van der Waals surface area contributed by atoms with Gasteiger partial charge in [0.1, 0.15) is 23.6 Å². The molecule has 4 aromatic heterocycles. The molecule has 46 heavy (non-hydrogen) atoms. The van der Waals surface area contributed by atoms with Crippen LogP contribution >= 0.6 is 0 Å². The maximum absolute atomic E-state index is 6.41. The number of oxazole rings is 1. The Hall–Kier alpha value is -6.14. The van der Waals surface area contributed by atoms with Gasteiger partial charge in [0.15, 0.2) is 0 Å². The summed E-state index contributed by atoms with van der Waals surface area (Å²) in [6, 6.07) is 39.9. The number of fused-ring (bicyclic) bond motifs is 6. The Labute approximate surface area is 264 Å². The van der Waals surface area contributed by atoms with E-state index in [2.05, 4.69) is 113 Å². The molecule has 0 fully saturated rings. The molecule has 0 amide bonds.